The summed E-state index contributed by atoms with van der Waals surface area (Å²) in [5.74, 6) is 2.26. The minimum Gasteiger partial charge on any atom is -0.496 e. The Morgan fingerprint density at radius 3 is 1.77 bits per heavy atom. The Kier molecular flexibility index (Phi) is 5.15. The second-order valence-corrected chi connectivity index (χ2v) is 5.25. The second kappa shape index (κ2) is 7.07. The molecule has 0 saturated carbocycles. The third kappa shape index (κ3) is 3.45. The lowest BCUT2D eigenvalue weighted by atomic mass is 10.0. The molecule has 2 aromatic carbocycles. The molecule has 2 aromatic rings. The number of anilines is 1. The van der Waals surface area contributed by atoms with Crippen LogP contribution in [0.5, 0.6) is 17.2 Å². The fourth-order valence-electron chi connectivity index (χ4n) is 2.37. The van der Waals surface area contributed by atoms with Crippen LogP contribution < -0.4 is 19.1 Å². The van der Waals surface area contributed by atoms with Crippen molar-refractivity contribution >= 4 is 5.69 Å². The standard InChI is InChI=1S/C18H23NO3/c1-19(2)14-8-6-13(7-9-14)10-16-17(21-4)11-15(20-3)12-18(16)22-5/h6-9,11-12H,10H2,1-5H3. The first kappa shape index (κ1) is 16.0. The van der Waals surface area contributed by atoms with E-state index in [0.29, 0.717) is 0 Å². The van der Waals surface area contributed by atoms with Crippen molar-refractivity contribution in [3.8, 4) is 17.2 Å². The predicted molar refractivity (Wildman–Crippen MR) is 89.7 cm³/mol. The van der Waals surface area contributed by atoms with Crippen molar-refractivity contribution in [1.29, 1.82) is 0 Å². The summed E-state index contributed by atoms with van der Waals surface area (Å²) in [7, 11) is 9.02. The summed E-state index contributed by atoms with van der Waals surface area (Å²) in [4.78, 5) is 2.08. The number of nitrogens with zero attached hydrogens (tertiary/aromatic N) is 1. The van der Waals surface area contributed by atoms with E-state index in [1.807, 2.05) is 26.2 Å². The zero-order valence-corrected chi connectivity index (χ0v) is 13.8. The molecule has 0 atom stereocenters. The number of hydrogen-bond donors (Lipinski definition) is 0. The van der Waals surface area contributed by atoms with E-state index in [4.69, 9.17) is 14.2 Å². The van der Waals surface area contributed by atoms with Gasteiger partial charge in [0.2, 0.25) is 0 Å². The van der Waals surface area contributed by atoms with Crippen molar-refractivity contribution in [3.05, 3.63) is 47.5 Å². The van der Waals surface area contributed by atoms with E-state index >= 15 is 0 Å². The third-order valence-electron chi connectivity index (χ3n) is 3.65. The first-order valence-electron chi connectivity index (χ1n) is 7.14. The Morgan fingerprint density at radius 1 is 0.818 bits per heavy atom. The molecule has 0 amide bonds. The van der Waals surface area contributed by atoms with E-state index in [9.17, 15) is 0 Å². The van der Waals surface area contributed by atoms with Gasteiger partial charge in [0, 0.05) is 43.9 Å². The number of benzene rings is 2. The summed E-state index contributed by atoms with van der Waals surface area (Å²) in [6.45, 7) is 0. The SMILES string of the molecule is COc1cc(OC)c(Cc2ccc(N(C)C)cc2)c(OC)c1. The fraction of sp³-hybridized carbons (Fsp3) is 0.333. The Hall–Kier alpha value is -2.36. The predicted octanol–water partition coefficient (Wildman–Crippen LogP) is 3.37. The molecule has 4 heteroatoms. The molecule has 0 fully saturated rings. The van der Waals surface area contributed by atoms with Crippen LogP contribution in [0.1, 0.15) is 11.1 Å². The van der Waals surface area contributed by atoms with Crippen molar-refractivity contribution in [2.75, 3.05) is 40.3 Å². The van der Waals surface area contributed by atoms with Crippen LogP contribution >= 0.6 is 0 Å². The summed E-state index contributed by atoms with van der Waals surface area (Å²) in [5.41, 5.74) is 3.40. The topological polar surface area (TPSA) is 30.9 Å². The first-order chi connectivity index (χ1) is 10.6. The van der Waals surface area contributed by atoms with Crippen LogP contribution in [0.4, 0.5) is 5.69 Å². The monoisotopic (exact) mass is 301 g/mol. The van der Waals surface area contributed by atoms with Crippen LogP contribution in [0, 0.1) is 0 Å². The van der Waals surface area contributed by atoms with Crippen molar-refractivity contribution in [1.82, 2.24) is 0 Å². The number of rotatable bonds is 6. The zero-order valence-electron chi connectivity index (χ0n) is 13.8. The van der Waals surface area contributed by atoms with E-state index < -0.39 is 0 Å². The third-order valence-corrected chi connectivity index (χ3v) is 3.65. The molecular weight excluding hydrogens is 278 g/mol. The van der Waals surface area contributed by atoms with E-state index in [1.54, 1.807) is 21.3 Å². The lowest BCUT2D eigenvalue weighted by Gasteiger charge is -2.16. The Labute approximate surface area is 132 Å². The lowest BCUT2D eigenvalue weighted by molar-refractivity contribution is 0.370. The van der Waals surface area contributed by atoms with Crippen molar-refractivity contribution < 1.29 is 14.2 Å². The van der Waals surface area contributed by atoms with Gasteiger partial charge in [0.05, 0.1) is 21.3 Å². The van der Waals surface area contributed by atoms with Gasteiger partial charge in [-0.15, -0.1) is 0 Å². The van der Waals surface area contributed by atoms with Crippen LogP contribution in [0.15, 0.2) is 36.4 Å². The number of ether oxygens (including phenoxy) is 3. The summed E-state index contributed by atoms with van der Waals surface area (Å²) in [6, 6.07) is 12.2. The molecule has 0 N–H and O–H groups in total. The summed E-state index contributed by atoms with van der Waals surface area (Å²) < 4.78 is 16.3. The maximum atomic E-state index is 5.50. The Balaban J connectivity index is 2.35. The summed E-state index contributed by atoms with van der Waals surface area (Å²) >= 11 is 0. The summed E-state index contributed by atoms with van der Waals surface area (Å²) in [6.07, 6.45) is 0.740. The minimum absolute atomic E-state index is 0.723. The molecule has 0 bridgehead atoms. The largest absolute Gasteiger partial charge is 0.496 e. The van der Waals surface area contributed by atoms with Gasteiger partial charge in [0.15, 0.2) is 0 Å². The molecule has 0 aromatic heterocycles. The molecule has 0 radical (unpaired) electrons. The van der Waals surface area contributed by atoms with Gasteiger partial charge >= 0.3 is 0 Å². The van der Waals surface area contributed by atoms with Crippen molar-refractivity contribution in [3.63, 3.8) is 0 Å². The molecule has 0 aliphatic rings. The van der Waals surface area contributed by atoms with Crippen molar-refractivity contribution in [2.45, 2.75) is 6.42 Å². The fourth-order valence-corrected chi connectivity index (χ4v) is 2.37. The highest BCUT2D eigenvalue weighted by atomic mass is 16.5. The molecule has 0 spiro atoms. The van der Waals surface area contributed by atoms with Crippen LogP contribution in [-0.2, 0) is 6.42 Å². The quantitative estimate of drug-likeness (QED) is 0.818. The average Bonchev–Trinajstić information content (AvgIpc) is 2.55. The van der Waals surface area contributed by atoms with E-state index in [1.165, 1.54) is 11.3 Å². The molecule has 118 valence electrons. The summed E-state index contributed by atoms with van der Waals surface area (Å²) in [5, 5.41) is 0. The molecule has 22 heavy (non-hydrogen) atoms. The van der Waals surface area contributed by atoms with Gasteiger partial charge in [-0.3, -0.25) is 0 Å². The van der Waals surface area contributed by atoms with Crippen LogP contribution in [0.25, 0.3) is 0 Å². The van der Waals surface area contributed by atoms with Gasteiger partial charge in [0.25, 0.3) is 0 Å². The van der Waals surface area contributed by atoms with Crippen LogP contribution in [-0.4, -0.2) is 35.4 Å². The highest BCUT2D eigenvalue weighted by Gasteiger charge is 2.14. The molecule has 0 saturated heterocycles. The lowest BCUT2D eigenvalue weighted by Crippen LogP contribution is -2.08. The molecule has 0 aliphatic carbocycles. The number of hydrogen-bond acceptors (Lipinski definition) is 4. The van der Waals surface area contributed by atoms with Gasteiger partial charge in [0.1, 0.15) is 17.2 Å². The van der Waals surface area contributed by atoms with E-state index in [0.717, 1.165) is 29.2 Å². The molecule has 0 aliphatic heterocycles. The maximum Gasteiger partial charge on any atom is 0.129 e. The Bertz CT molecular complexity index is 596. The van der Waals surface area contributed by atoms with Crippen LogP contribution in [0.2, 0.25) is 0 Å². The molecule has 4 nitrogen and oxygen atoms in total. The zero-order chi connectivity index (χ0) is 16.1. The highest BCUT2D eigenvalue weighted by Crippen LogP contribution is 2.35. The maximum absolute atomic E-state index is 5.50. The molecule has 0 heterocycles. The van der Waals surface area contributed by atoms with Crippen LogP contribution in [0.3, 0.4) is 0 Å². The smallest absolute Gasteiger partial charge is 0.129 e. The van der Waals surface area contributed by atoms with Crippen molar-refractivity contribution in [2.24, 2.45) is 0 Å². The molecular formula is C18H23NO3. The van der Waals surface area contributed by atoms with E-state index in [2.05, 4.69) is 29.2 Å². The highest BCUT2D eigenvalue weighted by molar-refractivity contribution is 5.53. The minimum atomic E-state index is 0.723. The first-order valence-corrected chi connectivity index (χ1v) is 7.14. The van der Waals surface area contributed by atoms with Gasteiger partial charge in [-0.25, -0.2) is 0 Å². The average molecular weight is 301 g/mol. The van der Waals surface area contributed by atoms with Gasteiger partial charge in [-0.1, -0.05) is 12.1 Å². The van der Waals surface area contributed by atoms with Gasteiger partial charge in [-0.2, -0.15) is 0 Å². The normalized spacial score (nSPS) is 10.2. The van der Waals surface area contributed by atoms with E-state index in [-0.39, 0.29) is 0 Å². The van der Waals surface area contributed by atoms with Gasteiger partial charge < -0.3 is 19.1 Å². The second-order valence-electron chi connectivity index (χ2n) is 5.25. The van der Waals surface area contributed by atoms with Gasteiger partial charge in [-0.05, 0) is 17.7 Å². The molecule has 0 unspecified atom stereocenters. The Morgan fingerprint density at radius 2 is 1.36 bits per heavy atom. The number of methoxy groups -OCH3 is 3. The molecule has 2 rings (SSSR count).